The number of anilines is 1. The molecule has 3 aromatic rings. The first-order chi connectivity index (χ1) is 16.3. The lowest BCUT2D eigenvalue weighted by atomic mass is 10.1. The molecule has 4 rings (SSSR count). The van der Waals surface area contributed by atoms with Crippen molar-refractivity contribution < 1.29 is 14.3 Å². The number of hydrogen-bond donors (Lipinski definition) is 0. The fourth-order valence-electron chi connectivity index (χ4n) is 3.36. The fraction of sp³-hybridized carbons (Fsp3) is 0.120. The molecule has 0 aliphatic carbocycles. The summed E-state index contributed by atoms with van der Waals surface area (Å²) >= 11 is 19.3. The molecule has 0 N–H and O–H groups in total. The minimum Gasteiger partial charge on any atom is -0.493 e. The lowest BCUT2D eigenvalue weighted by molar-refractivity contribution is -0.114. The average molecular weight is 625 g/mol. The van der Waals surface area contributed by atoms with Crippen LogP contribution in [0.5, 0.6) is 11.5 Å². The highest BCUT2D eigenvalue weighted by Crippen LogP contribution is 2.44. The van der Waals surface area contributed by atoms with E-state index in [9.17, 15) is 4.79 Å². The molecule has 1 aliphatic heterocycles. The molecule has 0 radical (unpaired) electrons. The van der Waals surface area contributed by atoms with Crippen LogP contribution in [-0.4, -0.2) is 18.7 Å². The Labute approximate surface area is 224 Å². The van der Waals surface area contributed by atoms with E-state index in [2.05, 4.69) is 37.0 Å². The highest BCUT2D eigenvalue weighted by molar-refractivity contribution is 9.13. The van der Waals surface area contributed by atoms with Gasteiger partial charge < -0.3 is 9.47 Å². The van der Waals surface area contributed by atoms with E-state index < -0.39 is 0 Å². The fourth-order valence-corrected chi connectivity index (χ4v) is 4.63. The second kappa shape index (κ2) is 10.5. The molecule has 0 saturated carbocycles. The van der Waals surface area contributed by atoms with Gasteiger partial charge in [0.2, 0.25) is 0 Å². The summed E-state index contributed by atoms with van der Waals surface area (Å²) in [6.45, 7) is 2.07. The van der Waals surface area contributed by atoms with E-state index in [-0.39, 0.29) is 12.5 Å². The number of ether oxygens (including phenoxy) is 2. The summed E-state index contributed by atoms with van der Waals surface area (Å²) in [6.07, 6.45) is 1.78. The smallest absolute Gasteiger partial charge is 0.280 e. The standard InChI is InChI=1S/C25H18Br2Cl2N2O3/c1-14-18(25(32)31(30-14)17-6-4-3-5-7-17)11-16-12-21(33-2)24(23(27)22(16)26)34-13-15-8-9-19(28)20(29)10-15/h3-12H,13H2,1-2H3/b18-11+. The van der Waals surface area contributed by atoms with Gasteiger partial charge in [-0.2, -0.15) is 10.1 Å². The number of para-hydroxylation sites is 1. The van der Waals surface area contributed by atoms with Crippen molar-refractivity contribution in [3.8, 4) is 11.5 Å². The highest BCUT2D eigenvalue weighted by atomic mass is 79.9. The summed E-state index contributed by atoms with van der Waals surface area (Å²) < 4.78 is 13.0. The summed E-state index contributed by atoms with van der Waals surface area (Å²) in [4.78, 5) is 13.1. The van der Waals surface area contributed by atoms with Crippen LogP contribution in [0.4, 0.5) is 5.69 Å². The maximum absolute atomic E-state index is 13.1. The van der Waals surface area contributed by atoms with Crippen molar-refractivity contribution in [3.05, 3.63) is 90.3 Å². The average Bonchev–Trinajstić information content (AvgIpc) is 3.12. The number of methoxy groups -OCH3 is 1. The van der Waals surface area contributed by atoms with Gasteiger partial charge in [-0.25, -0.2) is 0 Å². The summed E-state index contributed by atoms with van der Waals surface area (Å²) in [5.74, 6) is 0.809. The molecule has 5 nitrogen and oxygen atoms in total. The van der Waals surface area contributed by atoms with Gasteiger partial charge in [0, 0.05) is 4.47 Å². The van der Waals surface area contributed by atoms with Gasteiger partial charge in [0.05, 0.1) is 38.6 Å². The molecule has 0 atom stereocenters. The molecule has 0 aromatic heterocycles. The third-order valence-corrected chi connectivity index (χ3v) is 7.99. The van der Waals surface area contributed by atoms with Crippen LogP contribution in [0.2, 0.25) is 10.0 Å². The molecule has 0 fully saturated rings. The molecule has 9 heteroatoms. The third kappa shape index (κ3) is 5.03. The Hall–Kier alpha value is -2.32. The maximum Gasteiger partial charge on any atom is 0.280 e. The molecule has 1 aliphatic rings. The highest BCUT2D eigenvalue weighted by Gasteiger charge is 2.29. The second-order valence-corrected chi connectivity index (χ2v) is 9.76. The first kappa shape index (κ1) is 24.8. The van der Waals surface area contributed by atoms with Crippen LogP contribution in [0.1, 0.15) is 18.1 Å². The van der Waals surface area contributed by atoms with Crippen molar-refractivity contribution in [2.75, 3.05) is 12.1 Å². The van der Waals surface area contributed by atoms with Crippen LogP contribution in [0.25, 0.3) is 6.08 Å². The Kier molecular flexibility index (Phi) is 7.67. The topological polar surface area (TPSA) is 51.1 Å². The molecule has 174 valence electrons. The summed E-state index contributed by atoms with van der Waals surface area (Å²) in [5, 5.41) is 6.77. The summed E-state index contributed by atoms with van der Waals surface area (Å²) in [6, 6.07) is 16.4. The number of carbonyl (C=O) groups excluding carboxylic acids is 1. The van der Waals surface area contributed by atoms with Crippen molar-refractivity contribution in [1.29, 1.82) is 0 Å². The number of benzene rings is 3. The van der Waals surface area contributed by atoms with Crippen LogP contribution in [0.15, 0.2) is 74.2 Å². The van der Waals surface area contributed by atoms with Crippen molar-refractivity contribution >= 4 is 78.4 Å². The van der Waals surface area contributed by atoms with Gasteiger partial charge in [-0.1, -0.05) is 47.5 Å². The Morgan fingerprint density at radius 3 is 2.44 bits per heavy atom. The van der Waals surface area contributed by atoms with Crippen LogP contribution >= 0.6 is 55.1 Å². The van der Waals surface area contributed by atoms with Gasteiger partial charge in [0.25, 0.3) is 5.91 Å². The Bertz CT molecular complexity index is 1330. The van der Waals surface area contributed by atoms with Gasteiger partial charge >= 0.3 is 0 Å². The molecule has 3 aromatic carbocycles. The molecule has 0 bridgehead atoms. The van der Waals surface area contributed by atoms with Gasteiger partial charge in [0.1, 0.15) is 6.61 Å². The first-order valence-electron chi connectivity index (χ1n) is 10.1. The quantitative estimate of drug-likeness (QED) is 0.262. The largest absolute Gasteiger partial charge is 0.493 e. The molecule has 1 heterocycles. The Morgan fingerprint density at radius 1 is 1.03 bits per heavy atom. The van der Waals surface area contributed by atoms with Gasteiger partial charge in [-0.3, -0.25) is 4.79 Å². The number of carbonyl (C=O) groups is 1. The lowest BCUT2D eigenvalue weighted by Crippen LogP contribution is -2.21. The van der Waals surface area contributed by atoms with E-state index in [1.54, 1.807) is 31.4 Å². The van der Waals surface area contributed by atoms with Gasteiger partial charge in [0.15, 0.2) is 11.5 Å². The molecule has 0 saturated heterocycles. The number of hydrazone groups is 1. The van der Waals surface area contributed by atoms with Crippen molar-refractivity contribution in [1.82, 2.24) is 0 Å². The van der Waals surface area contributed by atoms with E-state index in [1.807, 2.05) is 43.3 Å². The summed E-state index contributed by atoms with van der Waals surface area (Å²) in [5.41, 5.74) is 3.41. The van der Waals surface area contributed by atoms with Gasteiger partial charge in [-0.15, -0.1) is 0 Å². The Morgan fingerprint density at radius 2 is 1.76 bits per heavy atom. The number of nitrogens with zero attached hydrogens (tertiary/aromatic N) is 2. The van der Waals surface area contributed by atoms with Crippen LogP contribution < -0.4 is 14.5 Å². The number of hydrogen-bond acceptors (Lipinski definition) is 4. The molecule has 34 heavy (non-hydrogen) atoms. The van der Waals surface area contributed by atoms with E-state index in [1.165, 1.54) is 5.01 Å². The van der Waals surface area contributed by atoms with E-state index in [0.717, 1.165) is 11.1 Å². The Balaban J connectivity index is 1.64. The minimum atomic E-state index is -0.203. The normalized spacial score (nSPS) is 14.5. The zero-order valence-corrected chi connectivity index (χ0v) is 22.8. The SMILES string of the molecule is COc1cc(/C=C2/C(=O)N(c3ccccc3)N=C2C)c(Br)c(Br)c1OCc1ccc(Cl)c(Cl)c1. The van der Waals surface area contributed by atoms with Crippen LogP contribution in [0.3, 0.4) is 0 Å². The van der Waals surface area contributed by atoms with Crippen LogP contribution in [-0.2, 0) is 11.4 Å². The van der Waals surface area contributed by atoms with Crippen molar-refractivity contribution in [2.45, 2.75) is 13.5 Å². The van der Waals surface area contributed by atoms with Crippen molar-refractivity contribution in [3.63, 3.8) is 0 Å². The van der Waals surface area contributed by atoms with E-state index in [4.69, 9.17) is 32.7 Å². The predicted octanol–water partition coefficient (Wildman–Crippen LogP) is 7.91. The number of halogens is 4. The first-order valence-corrected chi connectivity index (χ1v) is 12.4. The monoisotopic (exact) mass is 622 g/mol. The lowest BCUT2D eigenvalue weighted by Gasteiger charge is -2.16. The van der Waals surface area contributed by atoms with Crippen LogP contribution in [0, 0.1) is 0 Å². The molecule has 1 amide bonds. The van der Waals surface area contributed by atoms with E-state index in [0.29, 0.717) is 47.5 Å². The predicted molar refractivity (Wildman–Crippen MR) is 144 cm³/mol. The number of amides is 1. The van der Waals surface area contributed by atoms with E-state index >= 15 is 0 Å². The molecular weight excluding hydrogens is 607 g/mol. The minimum absolute atomic E-state index is 0.203. The zero-order valence-electron chi connectivity index (χ0n) is 18.1. The zero-order chi connectivity index (χ0) is 24.4. The second-order valence-electron chi connectivity index (χ2n) is 7.36. The number of rotatable bonds is 6. The third-order valence-electron chi connectivity index (χ3n) is 5.11. The molecule has 0 unspecified atom stereocenters. The molecule has 0 spiro atoms. The maximum atomic E-state index is 13.1. The molecular formula is C25H18Br2Cl2N2O3. The summed E-state index contributed by atoms with van der Waals surface area (Å²) in [7, 11) is 1.56. The van der Waals surface area contributed by atoms with Gasteiger partial charge in [-0.05, 0) is 86.3 Å². The van der Waals surface area contributed by atoms with Crippen molar-refractivity contribution in [2.24, 2.45) is 5.10 Å².